The van der Waals surface area contributed by atoms with Crippen molar-refractivity contribution < 1.29 is 74.5 Å². The molecule has 18 heteroatoms. The van der Waals surface area contributed by atoms with Gasteiger partial charge in [-0.1, -0.05) is 39.0 Å². The van der Waals surface area contributed by atoms with Crippen LogP contribution in [-0.4, -0.2) is 160 Å². The number of halogens is 3. The Balaban J connectivity index is 1.26. The Bertz CT molecular complexity index is 1390. The van der Waals surface area contributed by atoms with Crippen molar-refractivity contribution in [1.29, 1.82) is 0 Å². The molecule has 1 N–H and O–H groups in total. The molecule has 60 heavy (non-hydrogen) atoms. The number of carbonyl (C=O) groups is 1. The maximum absolute atomic E-state index is 13.1. The highest BCUT2D eigenvalue weighted by molar-refractivity contribution is 6.74. The van der Waals surface area contributed by atoms with Gasteiger partial charge in [0, 0.05) is 5.69 Å². The standard InChI is InChI=1S/C42H68F3NO13Si/c1-41(2,3)60(4,5)59-34-32-57-30-28-55-26-24-53-22-20-51-18-16-49-14-13-48-15-17-50-19-21-52-23-25-54-27-29-56-31-33-58-40(47)38-11-6-7-12-39(38)46-37-10-8-9-36(35-37)42(43,44)45/h6-12,35,46H,13-34H2,1-5H3. The molecule has 0 aliphatic heterocycles. The van der Waals surface area contributed by atoms with E-state index in [1.165, 1.54) is 18.2 Å². The fraction of sp³-hybridized carbons (Fsp3) is 0.690. The number of rotatable bonds is 37. The van der Waals surface area contributed by atoms with Crippen LogP contribution in [0, 0.1) is 0 Å². The van der Waals surface area contributed by atoms with Gasteiger partial charge < -0.3 is 61.8 Å². The number of alkyl halides is 3. The van der Waals surface area contributed by atoms with Crippen molar-refractivity contribution in [2.75, 3.05) is 151 Å². The van der Waals surface area contributed by atoms with E-state index in [1.807, 2.05) is 0 Å². The summed E-state index contributed by atoms with van der Waals surface area (Å²) >= 11 is 0. The predicted molar refractivity (Wildman–Crippen MR) is 223 cm³/mol. The molecule has 0 radical (unpaired) electrons. The third-order valence-electron chi connectivity index (χ3n) is 8.92. The summed E-state index contributed by atoms with van der Waals surface area (Å²) in [6.07, 6.45) is -4.48. The fourth-order valence-electron chi connectivity index (χ4n) is 4.62. The number of esters is 1. The van der Waals surface area contributed by atoms with E-state index in [1.54, 1.807) is 18.2 Å². The first-order valence-electron chi connectivity index (χ1n) is 20.4. The van der Waals surface area contributed by atoms with Gasteiger partial charge in [-0.15, -0.1) is 0 Å². The van der Waals surface area contributed by atoms with Gasteiger partial charge in [-0.3, -0.25) is 0 Å². The molecule has 0 aromatic heterocycles. The average Bonchev–Trinajstić information content (AvgIpc) is 3.20. The number of nitrogens with one attached hydrogen (secondary N) is 1. The van der Waals surface area contributed by atoms with Gasteiger partial charge in [0.25, 0.3) is 0 Å². The molecule has 2 aromatic rings. The first-order chi connectivity index (χ1) is 28.8. The number of hydrogen-bond acceptors (Lipinski definition) is 14. The average molecular weight is 880 g/mol. The summed E-state index contributed by atoms with van der Waals surface area (Å²) in [5.41, 5.74) is -0.0930. The van der Waals surface area contributed by atoms with Crippen LogP contribution in [0.15, 0.2) is 48.5 Å². The second kappa shape index (κ2) is 32.0. The van der Waals surface area contributed by atoms with Crippen molar-refractivity contribution >= 4 is 25.7 Å². The van der Waals surface area contributed by atoms with Crippen molar-refractivity contribution in [1.82, 2.24) is 0 Å². The molecular weight excluding hydrogens is 812 g/mol. The minimum atomic E-state index is -4.48. The van der Waals surface area contributed by atoms with E-state index in [0.29, 0.717) is 138 Å². The van der Waals surface area contributed by atoms with Crippen molar-refractivity contribution in [3.63, 3.8) is 0 Å². The second-order valence-corrected chi connectivity index (χ2v) is 19.4. The predicted octanol–water partition coefficient (Wildman–Crippen LogP) is 6.79. The Morgan fingerprint density at radius 2 is 0.883 bits per heavy atom. The summed E-state index contributed by atoms with van der Waals surface area (Å²) in [6, 6.07) is 11.1. The van der Waals surface area contributed by atoms with E-state index in [9.17, 15) is 18.0 Å². The molecule has 0 atom stereocenters. The lowest BCUT2D eigenvalue weighted by atomic mass is 10.1. The smallest absolute Gasteiger partial charge is 0.416 e. The molecule has 2 aromatic carbocycles. The quantitative estimate of drug-likeness (QED) is 0.0433. The third-order valence-corrected chi connectivity index (χ3v) is 13.5. The molecule has 0 amide bonds. The minimum absolute atomic E-state index is 0.00333. The highest BCUT2D eigenvalue weighted by Gasteiger charge is 2.37. The number of carbonyl (C=O) groups excluding carboxylic acids is 1. The molecule has 0 heterocycles. The van der Waals surface area contributed by atoms with Crippen LogP contribution in [0.4, 0.5) is 24.5 Å². The summed E-state index contributed by atoms with van der Waals surface area (Å²) in [7, 11) is -1.72. The van der Waals surface area contributed by atoms with Crippen LogP contribution in [0.3, 0.4) is 0 Å². The SMILES string of the molecule is CC(C)(C)[Si](C)(C)OCCOCCOCCOCCOCCOCCOCCOCCOCCOCCOCCOC(=O)c1ccccc1Nc1cccc(C(F)(F)F)c1. The number of hydrogen-bond donors (Lipinski definition) is 1. The van der Waals surface area contributed by atoms with Crippen molar-refractivity contribution in [2.24, 2.45) is 0 Å². The van der Waals surface area contributed by atoms with E-state index >= 15 is 0 Å². The molecule has 0 spiro atoms. The largest absolute Gasteiger partial charge is 0.460 e. The highest BCUT2D eigenvalue weighted by Crippen LogP contribution is 2.36. The molecule has 0 aliphatic carbocycles. The van der Waals surface area contributed by atoms with Crippen molar-refractivity contribution in [3.8, 4) is 0 Å². The third kappa shape index (κ3) is 25.9. The Labute approximate surface area is 355 Å². The molecule has 0 unspecified atom stereocenters. The van der Waals surface area contributed by atoms with Crippen LogP contribution in [0.1, 0.15) is 36.7 Å². The zero-order valence-corrected chi connectivity index (χ0v) is 37.1. The molecule has 14 nitrogen and oxygen atoms in total. The molecule has 0 saturated heterocycles. The van der Waals surface area contributed by atoms with Crippen molar-refractivity contribution in [2.45, 2.75) is 45.1 Å². The summed E-state index contributed by atoms with van der Waals surface area (Å²) in [6.45, 7) is 20.6. The first-order valence-corrected chi connectivity index (χ1v) is 23.3. The number of ether oxygens (including phenoxy) is 11. The highest BCUT2D eigenvalue weighted by atomic mass is 28.4. The lowest BCUT2D eigenvalue weighted by molar-refractivity contribution is -0.137. The molecule has 2 rings (SSSR count). The van der Waals surface area contributed by atoms with Gasteiger partial charge in [-0.2, -0.15) is 13.2 Å². The van der Waals surface area contributed by atoms with Crippen LogP contribution < -0.4 is 5.32 Å². The summed E-state index contributed by atoms with van der Waals surface area (Å²) in [5, 5.41) is 3.06. The Morgan fingerprint density at radius 3 is 1.27 bits per heavy atom. The minimum Gasteiger partial charge on any atom is -0.460 e. The van der Waals surface area contributed by atoms with Crippen molar-refractivity contribution in [3.05, 3.63) is 59.7 Å². The maximum Gasteiger partial charge on any atom is 0.416 e. The fourth-order valence-corrected chi connectivity index (χ4v) is 5.65. The first kappa shape index (κ1) is 53.4. The van der Waals surface area contributed by atoms with Crippen LogP contribution >= 0.6 is 0 Å². The van der Waals surface area contributed by atoms with E-state index in [-0.39, 0.29) is 29.5 Å². The Kier molecular flexibility index (Phi) is 28.5. The molecule has 0 bridgehead atoms. The lowest BCUT2D eigenvalue weighted by Gasteiger charge is -2.36. The Morgan fingerprint density at radius 1 is 0.517 bits per heavy atom. The van der Waals surface area contributed by atoms with Gasteiger partial charge in [0.05, 0.1) is 156 Å². The normalized spacial score (nSPS) is 12.3. The maximum atomic E-state index is 13.1. The summed E-state index contributed by atoms with van der Waals surface area (Å²) in [4.78, 5) is 12.6. The topological polar surface area (TPSA) is 140 Å². The molecule has 0 aliphatic rings. The van der Waals surface area contributed by atoms with Gasteiger partial charge in [-0.05, 0) is 48.5 Å². The van der Waals surface area contributed by atoms with E-state index in [4.69, 9.17) is 56.5 Å². The number of anilines is 2. The van der Waals surface area contributed by atoms with E-state index < -0.39 is 26.0 Å². The molecule has 344 valence electrons. The molecule has 0 saturated carbocycles. The van der Waals surface area contributed by atoms with E-state index in [2.05, 4.69) is 39.2 Å². The Hall–Kier alpha value is -2.72. The van der Waals surface area contributed by atoms with Gasteiger partial charge in [0.1, 0.15) is 6.61 Å². The van der Waals surface area contributed by atoms with Gasteiger partial charge in [0.15, 0.2) is 8.32 Å². The zero-order chi connectivity index (χ0) is 43.8. The molecule has 0 fully saturated rings. The second-order valence-electron chi connectivity index (χ2n) is 14.6. The lowest BCUT2D eigenvalue weighted by Crippen LogP contribution is -2.41. The zero-order valence-electron chi connectivity index (χ0n) is 36.1. The van der Waals surface area contributed by atoms with Crippen LogP contribution in [0.2, 0.25) is 18.1 Å². The number of benzene rings is 2. The van der Waals surface area contributed by atoms with Crippen LogP contribution in [-0.2, 0) is 62.7 Å². The van der Waals surface area contributed by atoms with Gasteiger partial charge in [-0.25, -0.2) is 4.79 Å². The van der Waals surface area contributed by atoms with Gasteiger partial charge >= 0.3 is 12.1 Å². The van der Waals surface area contributed by atoms with Crippen LogP contribution in [0.25, 0.3) is 0 Å². The monoisotopic (exact) mass is 879 g/mol. The number of para-hydroxylation sites is 1. The van der Waals surface area contributed by atoms with Crippen LogP contribution in [0.5, 0.6) is 0 Å². The molecular formula is C42H68F3NO13Si. The van der Waals surface area contributed by atoms with E-state index in [0.717, 1.165) is 12.1 Å². The van der Waals surface area contributed by atoms with Gasteiger partial charge in [0.2, 0.25) is 0 Å². The summed E-state index contributed by atoms with van der Waals surface area (Å²) < 4.78 is 106. The summed E-state index contributed by atoms with van der Waals surface area (Å²) in [5.74, 6) is -0.629.